The Morgan fingerprint density at radius 2 is 1.80 bits per heavy atom. The molecule has 0 saturated carbocycles. The van der Waals surface area contributed by atoms with Crippen LogP contribution in [-0.4, -0.2) is 6.54 Å². The lowest BCUT2D eigenvalue weighted by Crippen LogP contribution is -2.02. The summed E-state index contributed by atoms with van der Waals surface area (Å²) in [5.74, 6) is 0.892. The summed E-state index contributed by atoms with van der Waals surface area (Å²) >= 11 is 0. The number of nitrogens with two attached hydrogens (primary N) is 1. The number of hydrogen-bond acceptors (Lipinski definition) is 1. The van der Waals surface area contributed by atoms with Crippen molar-refractivity contribution >= 4 is 0 Å². The van der Waals surface area contributed by atoms with Crippen molar-refractivity contribution in [1.29, 1.82) is 0 Å². The zero-order valence-electron chi connectivity index (χ0n) is 7.40. The summed E-state index contributed by atoms with van der Waals surface area (Å²) in [5, 5.41) is 0. The van der Waals surface area contributed by atoms with E-state index in [1.54, 1.807) is 0 Å². The van der Waals surface area contributed by atoms with Crippen LogP contribution in [0.1, 0.15) is 46.0 Å². The van der Waals surface area contributed by atoms with Crippen molar-refractivity contribution in [2.75, 3.05) is 6.54 Å². The second-order valence-electron chi connectivity index (χ2n) is 3.18. The van der Waals surface area contributed by atoms with E-state index in [1.165, 1.54) is 32.1 Å². The van der Waals surface area contributed by atoms with Crippen LogP contribution in [0.25, 0.3) is 0 Å². The van der Waals surface area contributed by atoms with Crippen molar-refractivity contribution in [2.45, 2.75) is 46.0 Å². The van der Waals surface area contributed by atoms with Crippen LogP contribution in [0.15, 0.2) is 0 Å². The molecule has 1 heteroatoms. The zero-order valence-corrected chi connectivity index (χ0v) is 7.40. The van der Waals surface area contributed by atoms with E-state index in [0.29, 0.717) is 0 Å². The second kappa shape index (κ2) is 7.07. The lowest BCUT2D eigenvalue weighted by atomic mass is 9.99. The molecule has 0 rings (SSSR count). The van der Waals surface area contributed by atoms with Gasteiger partial charge in [-0.2, -0.15) is 0 Å². The fourth-order valence-corrected chi connectivity index (χ4v) is 1.16. The van der Waals surface area contributed by atoms with Gasteiger partial charge >= 0.3 is 0 Å². The van der Waals surface area contributed by atoms with E-state index in [2.05, 4.69) is 13.8 Å². The molecule has 0 aliphatic rings. The van der Waals surface area contributed by atoms with Crippen molar-refractivity contribution < 1.29 is 0 Å². The predicted octanol–water partition coefficient (Wildman–Crippen LogP) is 2.55. The van der Waals surface area contributed by atoms with Crippen LogP contribution in [-0.2, 0) is 0 Å². The van der Waals surface area contributed by atoms with Gasteiger partial charge in [0.05, 0.1) is 0 Å². The first kappa shape index (κ1) is 9.96. The summed E-state index contributed by atoms with van der Waals surface area (Å²) in [6.45, 7) is 5.43. The molecule has 62 valence electrons. The molecule has 0 fully saturated rings. The quantitative estimate of drug-likeness (QED) is 0.607. The Bertz CT molecular complexity index is 53.7. The minimum absolute atomic E-state index is 0.858. The molecular weight excluding hydrogens is 122 g/mol. The minimum atomic E-state index is 0.858. The van der Waals surface area contributed by atoms with E-state index in [0.717, 1.165) is 12.5 Å². The van der Waals surface area contributed by atoms with E-state index in [1.807, 2.05) is 0 Å². The molecule has 10 heavy (non-hydrogen) atoms. The zero-order chi connectivity index (χ0) is 7.82. The summed E-state index contributed by atoms with van der Waals surface area (Å²) < 4.78 is 0. The molecule has 0 amide bonds. The third kappa shape index (κ3) is 6.09. The Morgan fingerprint density at radius 1 is 1.20 bits per heavy atom. The summed E-state index contributed by atoms with van der Waals surface area (Å²) in [7, 11) is 0. The lowest BCUT2D eigenvalue weighted by Gasteiger charge is -2.08. The highest BCUT2D eigenvalue weighted by atomic mass is 14.5. The largest absolute Gasteiger partial charge is 0.330 e. The van der Waals surface area contributed by atoms with Gasteiger partial charge in [0.2, 0.25) is 0 Å². The highest BCUT2D eigenvalue weighted by Crippen LogP contribution is 2.12. The van der Waals surface area contributed by atoms with Crippen LogP contribution in [0.3, 0.4) is 0 Å². The molecule has 0 aromatic heterocycles. The summed E-state index contributed by atoms with van der Waals surface area (Å²) in [6, 6.07) is 0. The molecule has 2 N–H and O–H groups in total. The van der Waals surface area contributed by atoms with Gasteiger partial charge in [0.1, 0.15) is 0 Å². The highest BCUT2D eigenvalue weighted by molar-refractivity contribution is 4.53. The Balaban J connectivity index is 3.00. The van der Waals surface area contributed by atoms with E-state index < -0.39 is 0 Å². The first-order valence-corrected chi connectivity index (χ1v) is 4.51. The topological polar surface area (TPSA) is 26.0 Å². The van der Waals surface area contributed by atoms with Crippen LogP contribution < -0.4 is 5.73 Å². The van der Waals surface area contributed by atoms with E-state index in [4.69, 9.17) is 5.73 Å². The SMILES string of the molecule is CCCC[C@H](C)CCCN. The molecule has 0 heterocycles. The predicted molar refractivity (Wildman–Crippen MR) is 47.0 cm³/mol. The fourth-order valence-electron chi connectivity index (χ4n) is 1.16. The maximum atomic E-state index is 5.41. The van der Waals surface area contributed by atoms with Crippen molar-refractivity contribution in [3.05, 3.63) is 0 Å². The molecule has 1 nitrogen and oxygen atoms in total. The van der Waals surface area contributed by atoms with E-state index in [-0.39, 0.29) is 0 Å². The van der Waals surface area contributed by atoms with Crippen LogP contribution in [0.2, 0.25) is 0 Å². The van der Waals surface area contributed by atoms with Crippen LogP contribution in [0.5, 0.6) is 0 Å². The molecule has 0 saturated heterocycles. The summed E-state index contributed by atoms with van der Waals surface area (Å²) in [4.78, 5) is 0. The molecule has 0 aromatic carbocycles. The normalized spacial score (nSPS) is 13.5. The molecule has 0 radical (unpaired) electrons. The van der Waals surface area contributed by atoms with E-state index in [9.17, 15) is 0 Å². The van der Waals surface area contributed by atoms with Gasteiger partial charge in [0.25, 0.3) is 0 Å². The van der Waals surface area contributed by atoms with Gasteiger partial charge in [-0.05, 0) is 25.3 Å². The number of hydrogen-bond donors (Lipinski definition) is 1. The minimum Gasteiger partial charge on any atom is -0.330 e. The molecule has 1 atom stereocenters. The van der Waals surface area contributed by atoms with Crippen molar-refractivity contribution in [1.82, 2.24) is 0 Å². The van der Waals surface area contributed by atoms with Crippen molar-refractivity contribution in [3.8, 4) is 0 Å². The van der Waals surface area contributed by atoms with Gasteiger partial charge in [-0.15, -0.1) is 0 Å². The maximum Gasteiger partial charge on any atom is -0.00772 e. The van der Waals surface area contributed by atoms with E-state index >= 15 is 0 Å². The molecule has 0 bridgehead atoms. The average Bonchev–Trinajstić information content (AvgIpc) is 1.97. The average molecular weight is 143 g/mol. The van der Waals surface area contributed by atoms with Gasteiger partial charge < -0.3 is 5.73 Å². The Kier molecular flexibility index (Phi) is 7.04. The number of unbranched alkanes of at least 4 members (excludes halogenated alkanes) is 1. The van der Waals surface area contributed by atoms with Gasteiger partial charge in [-0.1, -0.05) is 33.1 Å². The van der Waals surface area contributed by atoms with Gasteiger partial charge in [0.15, 0.2) is 0 Å². The van der Waals surface area contributed by atoms with Gasteiger partial charge in [-0.25, -0.2) is 0 Å². The van der Waals surface area contributed by atoms with Gasteiger partial charge in [-0.3, -0.25) is 0 Å². The molecule has 0 spiro atoms. The molecule has 0 aromatic rings. The smallest absolute Gasteiger partial charge is 0.00772 e. The third-order valence-electron chi connectivity index (χ3n) is 1.95. The molecule has 0 unspecified atom stereocenters. The second-order valence-corrected chi connectivity index (χ2v) is 3.18. The first-order chi connectivity index (χ1) is 4.81. The van der Waals surface area contributed by atoms with Crippen LogP contribution in [0, 0.1) is 5.92 Å². The first-order valence-electron chi connectivity index (χ1n) is 4.51. The summed E-state index contributed by atoms with van der Waals surface area (Å²) in [6.07, 6.45) is 6.61. The van der Waals surface area contributed by atoms with Crippen LogP contribution >= 0.6 is 0 Å². The van der Waals surface area contributed by atoms with Crippen LogP contribution in [0.4, 0.5) is 0 Å². The summed E-state index contributed by atoms with van der Waals surface area (Å²) in [5.41, 5.74) is 5.41. The molecular formula is C9H21N. The highest BCUT2D eigenvalue weighted by Gasteiger charge is 1.98. The van der Waals surface area contributed by atoms with Gasteiger partial charge in [0, 0.05) is 0 Å². The monoisotopic (exact) mass is 143 g/mol. The molecule has 0 aliphatic heterocycles. The Morgan fingerprint density at radius 3 is 2.30 bits per heavy atom. The van der Waals surface area contributed by atoms with Crippen molar-refractivity contribution in [2.24, 2.45) is 11.7 Å². The molecule has 0 aliphatic carbocycles. The maximum absolute atomic E-state index is 5.41. The Hall–Kier alpha value is -0.0400. The lowest BCUT2D eigenvalue weighted by molar-refractivity contribution is 0.460. The van der Waals surface area contributed by atoms with Crippen molar-refractivity contribution in [3.63, 3.8) is 0 Å². The third-order valence-corrected chi connectivity index (χ3v) is 1.95. The fraction of sp³-hybridized carbons (Fsp3) is 1.00. The standard InChI is InChI=1S/C9H21N/c1-3-4-6-9(2)7-5-8-10/h9H,3-8,10H2,1-2H3/t9-/m0/s1. The Labute approximate surface area is 65.0 Å². The number of rotatable bonds is 6.